The fourth-order valence-corrected chi connectivity index (χ4v) is 12.6. The highest BCUT2D eigenvalue weighted by atomic mass is 31.1. The Balaban J connectivity index is 1.56. The van der Waals surface area contributed by atoms with Crippen LogP contribution >= 0.6 is 7.92 Å². The summed E-state index contributed by atoms with van der Waals surface area (Å²) in [5, 5.41) is 9.73. The van der Waals surface area contributed by atoms with Crippen molar-refractivity contribution in [1.82, 2.24) is 0 Å². The molecular formula is C36H29PSi. The summed E-state index contributed by atoms with van der Waals surface area (Å²) in [6, 6.07) is 64.9. The van der Waals surface area contributed by atoms with Crippen LogP contribution in [0.4, 0.5) is 0 Å². The zero-order valence-electron chi connectivity index (χ0n) is 21.2. The maximum Gasteiger partial charge on any atom is 0.179 e. The largest absolute Gasteiger partial charge is 0.179 e. The first-order valence-electron chi connectivity index (χ1n) is 13.0. The minimum atomic E-state index is -2.51. The molecule has 6 aromatic rings. The van der Waals surface area contributed by atoms with E-state index in [0.717, 1.165) is 0 Å². The summed E-state index contributed by atoms with van der Waals surface area (Å²) in [7, 11) is -3.15. The molecule has 0 aromatic heterocycles. The van der Waals surface area contributed by atoms with Crippen LogP contribution in [0.15, 0.2) is 176 Å². The molecule has 0 saturated carbocycles. The van der Waals surface area contributed by atoms with E-state index in [1.54, 1.807) is 0 Å². The van der Waals surface area contributed by atoms with E-state index < -0.39 is 16.0 Å². The molecular weight excluding hydrogens is 491 g/mol. The minimum absolute atomic E-state index is 0.642. The van der Waals surface area contributed by atoms with Gasteiger partial charge in [-0.3, -0.25) is 0 Å². The first-order valence-corrected chi connectivity index (χ1v) is 16.4. The predicted molar refractivity (Wildman–Crippen MR) is 169 cm³/mol. The van der Waals surface area contributed by atoms with Crippen LogP contribution in [0.3, 0.4) is 0 Å². The standard InChI is InChI=1S/C36H29PSi/c1-6-16-30(17-7-1)37(31-18-8-2-9-19-31)32-26-28-36(29-27-32)38(33-20-10-3-11-21-33,34-22-12-4-13-23-34)35-24-14-5-15-25-35/h1-29H. The van der Waals surface area contributed by atoms with Crippen LogP contribution in [0.1, 0.15) is 0 Å². The predicted octanol–water partition coefficient (Wildman–Crippen LogP) is 4.82. The van der Waals surface area contributed by atoms with Gasteiger partial charge in [0.2, 0.25) is 0 Å². The van der Waals surface area contributed by atoms with Gasteiger partial charge in [0.1, 0.15) is 0 Å². The molecule has 0 heterocycles. The van der Waals surface area contributed by atoms with Crippen molar-refractivity contribution in [3.63, 3.8) is 0 Å². The number of benzene rings is 6. The summed E-state index contributed by atoms with van der Waals surface area (Å²) >= 11 is 0. The Morgan fingerprint density at radius 2 is 0.526 bits per heavy atom. The molecule has 0 nitrogen and oxygen atoms in total. The molecule has 0 aliphatic carbocycles. The normalized spacial score (nSPS) is 11.4. The number of rotatable bonds is 7. The average molecular weight is 521 g/mol. The molecule has 0 radical (unpaired) electrons. The van der Waals surface area contributed by atoms with Gasteiger partial charge in [0, 0.05) is 0 Å². The smallest absolute Gasteiger partial charge is 0.0623 e. The SMILES string of the molecule is c1ccc(P(c2ccccc2)c2ccc([Si](c3ccccc3)(c3ccccc3)c3ccccc3)cc2)cc1. The Morgan fingerprint density at radius 3 is 0.868 bits per heavy atom. The Kier molecular flexibility index (Phi) is 7.13. The highest BCUT2D eigenvalue weighted by Crippen LogP contribution is 2.32. The topological polar surface area (TPSA) is 0 Å². The van der Waals surface area contributed by atoms with Crippen molar-refractivity contribution in [3.05, 3.63) is 176 Å². The third-order valence-corrected chi connectivity index (χ3v) is 14.4. The summed E-state index contributed by atoms with van der Waals surface area (Å²) in [6.45, 7) is 0. The van der Waals surface area contributed by atoms with Gasteiger partial charge in [0.05, 0.1) is 0 Å². The first-order chi connectivity index (χ1) is 18.9. The molecule has 0 fully saturated rings. The van der Waals surface area contributed by atoms with Gasteiger partial charge in [-0.05, 0) is 44.6 Å². The van der Waals surface area contributed by atoms with Crippen molar-refractivity contribution in [1.29, 1.82) is 0 Å². The van der Waals surface area contributed by atoms with Crippen molar-refractivity contribution in [2.24, 2.45) is 0 Å². The first kappa shape index (κ1) is 24.3. The average Bonchev–Trinajstić information content (AvgIpc) is 3.01. The molecule has 2 heteroatoms. The van der Waals surface area contributed by atoms with E-state index in [9.17, 15) is 0 Å². The Morgan fingerprint density at radius 1 is 0.263 bits per heavy atom. The highest BCUT2D eigenvalue weighted by molar-refractivity contribution is 7.79. The van der Waals surface area contributed by atoms with Gasteiger partial charge in [0.15, 0.2) is 8.07 Å². The van der Waals surface area contributed by atoms with Crippen molar-refractivity contribution >= 4 is 52.7 Å². The van der Waals surface area contributed by atoms with Gasteiger partial charge >= 0.3 is 0 Å². The van der Waals surface area contributed by atoms with Crippen LogP contribution in [0.5, 0.6) is 0 Å². The molecule has 0 atom stereocenters. The van der Waals surface area contributed by atoms with E-state index in [1.165, 1.54) is 36.7 Å². The van der Waals surface area contributed by atoms with Gasteiger partial charge < -0.3 is 0 Å². The van der Waals surface area contributed by atoms with Crippen molar-refractivity contribution < 1.29 is 0 Å². The summed E-state index contributed by atoms with van der Waals surface area (Å²) in [5.41, 5.74) is 0. The van der Waals surface area contributed by atoms with E-state index in [1.807, 2.05) is 0 Å². The second-order valence-corrected chi connectivity index (χ2v) is 15.4. The van der Waals surface area contributed by atoms with Gasteiger partial charge in [-0.1, -0.05) is 176 Å². The lowest BCUT2D eigenvalue weighted by Gasteiger charge is -2.34. The van der Waals surface area contributed by atoms with Gasteiger partial charge in [-0.25, -0.2) is 0 Å². The van der Waals surface area contributed by atoms with Crippen molar-refractivity contribution in [2.45, 2.75) is 0 Å². The lowest BCUT2D eigenvalue weighted by Crippen LogP contribution is -2.74. The molecule has 0 unspecified atom stereocenters. The Bertz CT molecular complexity index is 1430. The third-order valence-electron chi connectivity index (χ3n) is 7.21. The second-order valence-electron chi connectivity index (χ2n) is 9.40. The van der Waals surface area contributed by atoms with Crippen LogP contribution in [0, 0.1) is 0 Å². The molecule has 6 aromatic carbocycles. The van der Waals surface area contributed by atoms with Crippen LogP contribution < -0.4 is 36.7 Å². The summed E-state index contributed by atoms with van der Waals surface area (Å²) in [6.07, 6.45) is 0. The quantitative estimate of drug-likeness (QED) is 0.161. The van der Waals surface area contributed by atoms with Gasteiger partial charge in [-0.15, -0.1) is 0 Å². The van der Waals surface area contributed by atoms with E-state index in [4.69, 9.17) is 0 Å². The lowest BCUT2D eigenvalue weighted by molar-refractivity contribution is 1.67. The third kappa shape index (κ3) is 4.56. The van der Waals surface area contributed by atoms with E-state index in [0.29, 0.717) is 0 Å². The molecule has 0 aliphatic rings. The monoisotopic (exact) mass is 520 g/mol. The fourth-order valence-electron chi connectivity index (χ4n) is 5.53. The molecule has 38 heavy (non-hydrogen) atoms. The summed E-state index contributed by atoms with van der Waals surface area (Å²) in [4.78, 5) is 0. The number of hydrogen-bond acceptors (Lipinski definition) is 0. The summed E-state index contributed by atoms with van der Waals surface area (Å²) in [5.74, 6) is 0. The molecule has 0 aliphatic heterocycles. The second kappa shape index (κ2) is 11.2. The van der Waals surface area contributed by atoms with Crippen molar-refractivity contribution in [3.8, 4) is 0 Å². The molecule has 0 spiro atoms. The van der Waals surface area contributed by atoms with Gasteiger partial charge in [0.25, 0.3) is 0 Å². The molecule has 0 saturated heterocycles. The molecule has 6 rings (SSSR count). The molecule has 182 valence electrons. The molecule has 0 bridgehead atoms. The van der Waals surface area contributed by atoms with E-state index >= 15 is 0 Å². The van der Waals surface area contributed by atoms with Crippen LogP contribution in [-0.2, 0) is 0 Å². The maximum atomic E-state index is 2.41. The molecule has 0 amide bonds. The van der Waals surface area contributed by atoms with Crippen molar-refractivity contribution in [2.75, 3.05) is 0 Å². The van der Waals surface area contributed by atoms with Crippen LogP contribution in [0.2, 0.25) is 0 Å². The Labute approximate surface area is 228 Å². The zero-order valence-corrected chi connectivity index (χ0v) is 23.1. The van der Waals surface area contributed by atoms with Crippen LogP contribution in [0.25, 0.3) is 0 Å². The number of hydrogen-bond donors (Lipinski definition) is 0. The Hall–Kier alpha value is -4.03. The maximum absolute atomic E-state index is 2.51. The molecule has 0 N–H and O–H groups in total. The highest BCUT2D eigenvalue weighted by Gasteiger charge is 2.41. The van der Waals surface area contributed by atoms with E-state index in [2.05, 4.69) is 176 Å². The fraction of sp³-hybridized carbons (Fsp3) is 0. The summed E-state index contributed by atoms with van der Waals surface area (Å²) < 4.78 is 0. The van der Waals surface area contributed by atoms with Gasteiger partial charge in [-0.2, -0.15) is 0 Å². The van der Waals surface area contributed by atoms with Crippen LogP contribution in [-0.4, -0.2) is 8.07 Å². The van der Waals surface area contributed by atoms with E-state index in [-0.39, 0.29) is 0 Å². The zero-order chi connectivity index (χ0) is 25.6. The lowest BCUT2D eigenvalue weighted by atomic mass is 10.3. The minimum Gasteiger partial charge on any atom is -0.0623 e.